The predicted octanol–water partition coefficient (Wildman–Crippen LogP) is 12.5. The second-order valence-electron chi connectivity index (χ2n) is 11.7. The Labute approximate surface area is 256 Å². The van der Waals surface area contributed by atoms with Crippen LogP contribution in [0.4, 0.5) is 0 Å². The molecule has 0 amide bonds. The van der Waals surface area contributed by atoms with E-state index >= 15 is 0 Å². The Hall–Kier alpha value is -5.72. The zero-order chi connectivity index (χ0) is 29.0. The van der Waals surface area contributed by atoms with Crippen LogP contribution in [0.5, 0.6) is 0 Å². The van der Waals surface area contributed by atoms with Crippen molar-refractivity contribution in [3.8, 4) is 33.4 Å². The Morgan fingerprint density at radius 3 is 1.05 bits per heavy atom. The van der Waals surface area contributed by atoms with Crippen LogP contribution in [0.1, 0.15) is 0 Å². The summed E-state index contributed by atoms with van der Waals surface area (Å²) >= 11 is 0. The van der Waals surface area contributed by atoms with Gasteiger partial charge in [-0.15, -0.1) is 0 Å². The van der Waals surface area contributed by atoms with Crippen molar-refractivity contribution in [3.05, 3.63) is 170 Å². The van der Waals surface area contributed by atoms with E-state index < -0.39 is 0 Å². The number of hydrogen-bond acceptors (Lipinski definition) is 0. The zero-order valence-electron chi connectivity index (χ0n) is 24.2. The minimum atomic E-state index is 1.23. The molecule has 204 valence electrons. The van der Waals surface area contributed by atoms with Crippen molar-refractivity contribution in [1.82, 2.24) is 0 Å². The summed E-state index contributed by atoms with van der Waals surface area (Å²) < 4.78 is 0. The zero-order valence-corrected chi connectivity index (χ0v) is 24.2. The van der Waals surface area contributed by atoms with Crippen molar-refractivity contribution in [2.24, 2.45) is 0 Å². The average molecular weight is 557 g/mol. The van der Waals surface area contributed by atoms with Gasteiger partial charge in [-0.05, 0) is 105 Å². The molecule has 0 spiro atoms. The third kappa shape index (κ3) is 3.85. The maximum Gasteiger partial charge on any atom is -0.00923 e. The fourth-order valence-electron chi connectivity index (χ4n) is 7.17. The van der Waals surface area contributed by atoms with Crippen LogP contribution in [-0.4, -0.2) is 0 Å². The van der Waals surface area contributed by atoms with E-state index in [0.29, 0.717) is 0 Å². The van der Waals surface area contributed by atoms with E-state index in [1.165, 1.54) is 87.2 Å². The molecule has 44 heavy (non-hydrogen) atoms. The molecule has 9 aromatic carbocycles. The van der Waals surface area contributed by atoms with Crippen molar-refractivity contribution in [2.75, 3.05) is 0 Å². The van der Waals surface area contributed by atoms with Crippen LogP contribution >= 0.6 is 0 Å². The minimum absolute atomic E-state index is 1.23. The van der Waals surface area contributed by atoms with Crippen LogP contribution in [-0.2, 0) is 0 Å². The van der Waals surface area contributed by atoms with Gasteiger partial charge in [-0.2, -0.15) is 0 Å². The van der Waals surface area contributed by atoms with Crippen LogP contribution in [0, 0.1) is 0 Å². The number of rotatable bonds is 3. The molecule has 0 aromatic heterocycles. The van der Waals surface area contributed by atoms with E-state index in [0.717, 1.165) is 0 Å². The van der Waals surface area contributed by atoms with Gasteiger partial charge in [-0.1, -0.05) is 152 Å². The molecule has 0 N–H and O–H groups in total. The summed E-state index contributed by atoms with van der Waals surface area (Å²) in [6.07, 6.45) is 0. The highest BCUT2D eigenvalue weighted by Gasteiger charge is 2.15. The van der Waals surface area contributed by atoms with Crippen molar-refractivity contribution >= 4 is 53.9 Å². The SMILES string of the molecule is c1ccc(-c2cc3c4ccccc4c(-c4ccc(-c5cc6ccccc6c6ccccc56)cc4)cc3c3ccccc23)cc1. The van der Waals surface area contributed by atoms with Crippen LogP contribution in [0.15, 0.2) is 170 Å². The molecule has 0 aliphatic rings. The highest BCUT2D eigenvalue weighted by atomic mass is 14.2. The van der Waals surface area contributed by atoms with E-state index in [4.69, 9.17) is 0 Å². The monoisotopic (exact) mass is 556 g/mol. The van der Waals surface area contributed by atoms with Gasteiger partial charge in [-0.3, -0.25) is 0 Å². The molecule has 0 heteroatoms. The van der Waals surface area contributed by atoms with E-state index in [1.807, 2.05) is 0 Å². The maximum atomic E-state index is 2.41. The van der Waals surface area contributed by atoms with Crippen LogP contribution in [0.3, 0.4) is 0 Å². The first-order chi connectivity index (χ1) is 21.8. The summed E-state index contributed by atoms with van der Waals surface area (Å²) in [6.45, 7) is 0. The van der Waals surface area contributed by atoms with Crippen molar-refractivity contribution in [3.63, 3.8) is 0 Å². The van der Waals surface area contributed by atoms with Gasteiger partial charge in [0.2, 0.25) is 0 Å². The molecule has 0 saturated carbocycles. The van der Waals surface area contributed by atoms with Crippen molar-refractivity contribution < 1.29 is 0 Å². The highest BCUT2D eigenvalue weighted by molar-refractivity contribution is 6.24. The standard InChI is InChI=1S/C44H28/c1-2-12-29(13-3-1)41-27-43-39-21-11-9-19-37(39)42(28-44(43)38-20-10-8-18-36(38)41)31-24-22-30(23-25-31)40-26-32-14-4-5-15-33(32)34-16-6-7-17-35(34)40/h1-28H. The summed E-state index contributed by atoms with van der Waals surface area (Å²) in [5, 5.41) is 12.9. The summed E-state index contributed by atoms with van der Waals surface area (Å²) in [5.41, 5.74) is 7.52. The van der Waals surface area contributed by atoms with E-state index in [1.54, 1.807) is 0 Å². The normalized spacial score (nSPS) is 11.6. The van der Waals surface area contributed by atoms with Gasteiger partial charge in [0, 0.05) is 0 Å². The van der Waals surface area contributed by atoms with Crippen LogP contribution in [0.2, 0.25) is 0 Å². The molecular weight excluding hydrogens is 528 g/mol. The van der Waals surface area contributed by atoms with Gasteiger partial charge in [0.1, 0.15) is 0 Å². The second kappa shape index (κ2) is 9.93. The molecule has 0 heterocycles. The van der Waals surface area contributed by atoms with Gasteiger partial charge in [0.25, 0.3) is 0 Å². The lowest BCUT2D eigenvalue weighted by molar-refractivity contribution is 1.64. The average Bonchev–Trinajstić information content (AvgIpc) is 3.11. The van der Waals surface area contributed by atoms with Gasteiger partial charge < -0.3 is 0 Å². The number of benzene rings is 9. The Balaban J connectivity index is 1.26. The first-order valence-electron chi connectivity index (χ1n) is 15.3. The van der Waals surface area contributed by atoms with Gasteiger partial charge in [-0.25, -0.2) is 0 Å². The molecule has 0 aliphatic heterocycles. The Bertz CT molecular complexity index is 2520. The third-order valence-electron chi connectivity index (χ3n) is 9.24. The first kappa shape index (κ1) is 24.8. The molecule has 0 radical (unpaired) electrons. The molecule has 9 aromatic rings. The molecular formula is C44H28. The summed E-state index contributed by atoms with van der Waals surface area (Å²) in [7, 11) is 0. The first-order valence-corrected chi connectivity index (χ1v) is 15.3. The summed E-state index contributed by atoms with van der Waals surface area (Å²) in [6, 6.07) is 62.3. The largest absolute Gasteiger partial charge is 0.0622 e. The van der Waals surface area contributed by atoms with Crippen molar-refractivity contribution in [1.29, 1.82) is 0 Å². The molecule has 9 rings (SSSR count). The van der Waals surface area contributed by atoms with E-state index in [9.17, 15) is 0 Å². The molecule has 0 nitrogen and oxygen atoms in total. The molecule has 0 atom stereocenters. The predicted molar refractivity (Wildman–Crippen MR) is 190 cm³/mol. The lowest BCUT2D eigenvalue weighted by atomic mass is 9.87. The third-order valence-corrected chi connectivity index (χ3v) is 9.24. The smallest absolute Gasteiger partial charge is 0.00923 e. The quantitative estimate of drug-likeness (QED) is 0.190. The van der Waals surface area contributed by atoms with Gasteiger partial charge in [0.05, 0.1) is 0 Å². The number of fused-ring (bicyclic) bond motifs is 8. The lowest BCUT2D eigenvalue weighted by Crippen LogP contribution is -1.89. The lowest BCUT2D eigenvalue weighted by Gasteiger charge is -2.16. The highest BCUT2D eigenvalue weighted by Crippen LogP contribution is 2.42. The van der Waals surface area contributed by atoms with Crippen LogP contribution < -0.4 is 0 Å². The Kier molecular flexibility index (Phi) is 5.61. The summed E-state index contributed by atoms with van der Waals surface area (Å²) in [5.74, 6) is 0. The fourth-order valence-corrected chi connectivity index (χ4v) is 7.17. The van der Waals surface area contributed by atoms with Gasteiger partial charge >= 0.3 is 0 Å². The van der Waals surface area contributed by atoms with Crippen molar-refractivity contribution in [2.45, 2.75) is 0 Å². The van der Waals surface area contributed by atoms with E-state index in [-0.39, 0.29) is 0 Å². The Morgan fingerprint density at radius 2 is 0.545 bits per heavy atom. The maximum absolute atomic E-state index is 2.41. The van der Waals surface area contributed by atoms with Gasteiger partial charge in [0.15, 0.2) is 0 Å². The van der Waals surface area contributed by atoms with Crippen LogP contribution in [0.25, 0.3) is 87.2 Å². The number of hydrogen-bond donors (Lipinski definition) is 0. The fraction of sp³-hybridized carbons (Fsp3) is 0. The van der Waals surface area contributed by atoms with E-state index in [2.05, 4.69) is 170 Å². The topological polar surface area (TPSA) is 0 Å². The minimum Gasteiger partial charge on any atom is -0.0622 e. The molecule has 0 unspecified atom stereocenters. The molecule has 0 fully saturated rings. The Morgan fingerprint density at radius 1 is 0.205 bits per heavy atom. The summed E-state index contributed by atoms with van der Waals surface area (Å²) in [4.78, 5) is 0. The molecule has 0 saturated heterocycles. The molecule has 0 aliphatic carbocycles. The molecule has 0 bridgehead atoms. The second-order valence-corrected chi connectivity index (χ2v) is 11.7.